The molecule has 0 bridgehead atoms. The van der Waals surface area contributed by atoms with E-state index in [0.29, 0.717) is 24.0 Å². The average molecular weight is 860 g/mol. The molecule has 2 saturated carbocycles. The molecule has 4 aromatic rings. The van der Waals surface area contributed by atoms with Crippen molar-refractivity contribution < 1.29 is 33.4 Å². The first-order valence-electron chi connectivity index (χ1n) is 20.0. The zero-order chi connectivity index (χ0) is 38.5. The van der Waals surface area contributed by atoms with Crippen LogP contribution in [0.25, 0.3) is 27.6 Å². The Bertz CT molecular complexity index is 1760. The van der Waals surface area contributed by atoms with E-state index in [1.54, 1.807) is 27.6 Å². The van der Waals surface area contributed by atoms with Gasteiger partial charge in [0.2, 0.25) is 0 Å². The van der Waals surface area contributed by atoms with Gasteiger partial charge in [0.05, 0.1) is 26.7 Å². The van der Waals surface area contributed by atoms with Crippen molar-refractivity contribution in [1.82, 2.24) is 0 Å². The third kappa shape index (κ3) is 13.4. The summed E-state index contributed by atoms with van der Waals surface area (Å²) in [5.74, 6) is 1.65. The van der Waals surface area contributed by atoms with E-state index in [-0.39, 0.29) is 20.4 Å². The van der Waals surface area contributed by atoms with E-state index in [2.05, 4.69) is 95.4 Å². The van der Waals surface area contributed by atoms with Gasteiger partial charge in [-0.25, -0.2) is 8.42 Å². The number of hydrogen-bond acceptors (Lipinski definition) is 3. The minimum absolute atomic E-state index is 0. The molecule has 0 spiro atoms. The minimum Gasteiger partial charge on any atom is -0.748 e. The number of benzene rings is 4. The topological polar surface area (TPSA) is 71.3 Å². The van der Waals surface area contributed by atoms with Crippen LogP contribution in [0.2, 0.25) is 0 Å². The van der Waals surface area contributed by atoms with Crippen molar-refractivity contribution in [3.8, 4) is 22.3 Å². The molecule has 6 rings (SSSR count). The molecule has 4 nitrogen and oxygen atoms in total. The van der Waals surface area contributed by atoms with Gasteiger partial charge < -0.3 is 9.87 Å². The van der Waals surface area contributed by atoms with Crippen LogP contribution >= 0.6 is 7.92 Å². The number of hydrogen-bond donors (Lipinski definition) is 0. The fraction of sp³-hybridized carbons (Fsp3) is 0.489. The molecule has 0 amide bonds. The third-order valence-corrected chi connectivity index (χ3v) is 14.8. The summed E-state index contributed by atoms with van der Waals surface area (Å²) in [4.78, 5) is 0. The first-order valence-corrected chi connectivity index (χ1v) is 23.5. The van der Waals surface area contributed by atoms with Crippen LogP contribution in [0, 0.1) is 6.07 Å². The summed E-state index contributed by atoms with van der Waals surface area (Å²) >= 11 is 0. The quantitative estimate of drug-likeness (QED) is 0.0728. The van der Waals surface area contributed by atoms with Gasteiger partial charge in [-0.3, -0.25) is 0 Å². The van der Waals surface area contributed by atoms with Crippen molar-refractivity contribution in [2.24, 2.45) is 0 Å². The van der Waals surface area contributed by atoms with Crippen LogP contribution in [0.4, 0.5) is 5.69 Å². The Labute approximate surface area is 343 Å². The predicted octanol–water partition coefficient (Wildman–Crippen LogP) is 13.2. The summed E-state index contributed by atoms with van der Waals surface area (Å²) in [7, 11) is -2.72. The summed E-state index contributed by atoms with van der Waals surface area (Å²) in [6.07, 6.45) is 15.3. The molecule has 0 atom stereocenters. The van der Waals surface area contributed by atoms with Crippen LogP contribution in [0.5, 0.6) is 0 Å². The molecule has 2 aliphatic rings. The molecule has 0 saturated heterocycles. The summed E-state index contributed by atoms with van der Waals surface area (Å²) in [5.41, 5.74) is 13.1. The van der Waals surface area contributed by atoms with Gasteiger partial charge in [-0.15, -0.1) is 48.5 Å². The van der Waals surface area contributed by atoms with E-state index in [1.165, 1.54) is 69.8 Å². The standard InChI is InChI=1S/C33H49P.C13H11N.CH4O3S.Pd/c1-23(2)26-21-30(24(3)4)33(31(22-26)25(5)6)29-19-13-14-20-32(29)34(27-15-9-7-10-16-27)28-17-11-8-12-18-28;1-14-13-10-6-5-9-12(13)11-7-3-2-4-8-11;1-5(2,3)4;/h13-14,19-25,27-28H,7-12,15-18H2,1-6H3;2-7,9-10H,1H3;1H3,(H,2,3,4);/q;-2;;. The van der Waals surface area contributed by atoms with Crippen molar-refractivity contribution in [2.45, 2.75) is 135 Å². The summed E-state index contributed by atoms with van der Waals surface area (Å²) in [6, 6.07) is 34.1. The van der Waals surface area contributed by atoms with Crippen LogP contribution in [-0.2, 0) is 30.5 Å². The van der Waals surface area contributed by atoms with Crippen LogP contribution in [0.15, 0.2) is 84.9 Å². The van der Waals surface area contributed by atoms with E-state index in [4.69, 9.17) is 13.0 Å². The second-order valence-electron chi connectivity index (χ2n) is 15.9. The van der Waals surface area contributed by atoms with Crippen molar-refractivity contribution in [3.63, 3.8) is 0 Å². The zero-order valence-electron chi connectivity index (χ0n) is 33.9. The molecule has 0 heterocycles. The molecular formula is C47H64NO3PPdS-2. The van der Waals surface area contributed by atoms with Gasteiger partial charge >= 0.3 is 0 Å². The Hall–Kier alpha value is -2.32. The molecule has 2 aliphatic carbocycles. The van der Waals surface area contributed by atoms with E-state index in [9.17, 15) is 0 Å². The molecular weight excluding hydrogens is 796 g/mol. The van der Waals surface area contributed by atoms with Crippen molar-refractivity contribution in [1.29, 1.82) is 0 Å². The Morgan fingerprint density at radius 1 is 0.685 bits per heavy atom. The first-order chi connectivity index (χ1) is 25.3. The van der Waals surface area contributed by atoms with E-state index in [0.717, 1.165) is 28.1 Å². The fourth-order valence-electron chi connectivity index (χ4n) is 8.28. The van der Waals surface area contributed by atoms with Gasteiger partial charge in [-0.1, -0.05) is 109 Å². The van der Waals surface area contributed by atoms with Crippen LogP contribution in [0.3, 0.4) is 0 Å². The number of rotatable bonds is 9. The maximum absolute atomic E-state index is 9.08. The molecule has 298 valence electrons. The largest absolute Gasteiger partial charge is 0.748 e. The van der Waals surface area contributed by atoms with E-state index >= 15 is 0 Å². The maximum atomic E-state index is 9.08. The Morgan fingerprint density at radius 2 is 1.15 bits per heavy atom. The predicted molar refractivity (Wildman–Crippen MR) is 231 cm³/mol. The van der Waals surface area contributed by atoms with E-state index < -0.39 is 18.0 Å². The smallest absolute Gasteiger partial charge is 0.0998 e. The normalized spacial score (nSPS) is 15.3. The Morgan fingerprint density at radius 3 is 1.59 bits per heavy atom. The Balaban J connectivity index is 0.000000323. The van der Waals surface area contributed by atoms with Crippen molar-refractivity contribution in [2.75, 3.05) is 13.3 Å². The monoisotopic (exact) mass is 859 g/mol. The Kier molecular flexibility index (Phi) is 19.1. The second kappa shape index (κ2) is 22.4. The summed E-state index contributed by atoms with van der Waals surface area (Å²) in [6.45, 7) is 14.3. The molecule has 4 aromatic carbocycles. The third-order valence-electron chi connectivity index (χ3n) is 10.9. The number of nitrogens with zero attached hydrogens (tertiary/aromatic N) is 1. The molecule has 0 unspecified atom stereocenters. The average Bonchev–Trinajstić information content (AvgIpc) is 3.15. The zero-order valence-corrected chi connectivity index (χ0v) is 37.3. The van der Waals surface area contributed by atoms with Gasteiger partial charge in [0, 0.05) is 40.2 Å². The van der Waals surface area contributed by atoms with Gasteiger partial charge in [0.1, 0.15) is 0 Å². The molecule has 0 N–H and O–H groups in total. The molecule has 0 aliphatic heterocycles. The van der Waals surface area contributed by atoms with Gasteiger partial charge in [0.25, 0.3) is 0 Å². The summed E-state index contributed by atoms with van der Waals surface area (Å²) < 4.78 is 27.2. The molecule has 0 radical (unpaired) electrons. The second-order valence-corrected chi connectivity index (χ2v) is 20.4. The molecule has 2 fully saturated rings. The maximum Gasteiger partial charge on any atom is 0.0998 e. The van der Waals surface area contributed by atoms with Crippen LogP contribution < -0.4 is 5.30 Å². The van der Waals surface area contributed by atoms with Gasteiger partial charge in [-0.2, -0.15) is 5.69 Å². The van der Waals surface area contributed by atoms with Gasteiger partial charge in [0.15, 0.2) is 0 Å². The van der Waals surface area contributed by atoms with Crippen LogP contribution in [-0.4, -0.2) is 37.6 Å². The minimum atomic E-state index is -3.92. The first kappa shape index (κ1) is 46.1. The van der Waals surface area contributed by atoms with Crippen LogP contribution in [0.1, 0.15) is 140 Å². The fourth-order valence-corrected chi connectivity index (χ4v) is 12.7. The molecule has 0 aromatic heterocycles. The van der Waals surface area contributed by atoms with Crippen molar-refractivity contribution in [3.05, 3.63) is 113 Å². The molecule has 7 heteroatoms. The van der Waals surface area contributed by atoms with E-state index in [1.807, 2.05) is 49.5 Å². The number of para-hydroxylation sites is 1. The van der Waals surface area contributed by atoms with Crippen molar-refractivity contribution >= 4 is 29.0 Å². The van der Waals surface area contributed by atoms with Gasteiger partial charge in [-0.05, 0) is 97.4 Å². The summed E-state index contributed by atoms with van der Waals surface area (Å²) in [5, 5.41) is 6.01. The molecule has 54 heavy (non-hydrogen) atoms. The SMILES string of the molecule is CC(C)c1cc(C(C)C)c(-c2ccccc2[PH+](C2CCCCC2)C2CCCCC2)c(C(C)C)c1.CS(=O)(=O)[O-].C[N-]c1ccccc1-c1[c-]cccc1.[Pd].